The first-order chi connectivity index (χ1) is 12.4. The van der Waals surface area contributed by atoms with Gasteiger partial charge in [0.25, 0.3) is 5.91 Å². The van der Waals surface area contributed by atoms with E-state index in [1.807, 2.05) is 0 Å². The topological polar surface area (TPSA) is 95.0 Å². The number of carbonyl (C=O) groups excluding carboxylic acids is 1. The molecule has 0 aromatic heterocycles. The summed E-state index contributed by atoms with van der Waals surface area (Å²) < 4.78 is 27.3. The van der Waals surface area contributed by atoms with Crippen molar-refractivity contribution in [2.45, 2.75) is 37.0 Å². The minimum atomic E-state index is -3.62. The molecule has 2 saturated heterocycles. The Kier molecular flexibility index (Phi) is 5.62. The predicted molar refractivity (Wildman–Crippen MR) is 95.3 cm³/mol. The van der Waals surface area contributed by atoms with Gasteiger partial charge in [0.05, 0.1) is 10.8 Å². The molecule has 26 heavy (non-hydrogen) atoms. The summed E-state index contributed by atoms with van der Waals surface area (Å²) in [6, 6.07) is 6.08. The minimum Gasteiger partial charge on any atom is -0.481 e. The van der Waals surface area contributed by atoms with Crippen molar-refractivity contribution >= 4 is 21.9 Å². The van der Waals surface area contributed by atoms with Crippen LogP contribution in [0.4, 0.5) is 0 Å². The van der Waals surface area contributed by atoms with Crippen LogP contribution in [0.25, 0.3) is 0 Å². The molecule has 0 spiro atoms. The molecule has 0 aliphatic carbocycles. The molecule has 1 amide bonds. The van der Waals surface area contributed by atoms with E-state index < -0.39 is 21.9 Å². The molecule has 0 saturated carbocycles. The quantitative estimate of drug-likeness (QED) is 0.859. The molecule has 1 N–H and O–H groups in total. The van der Waals surface area contributed by atoms with Crippen molar-refractivity contribution < 1.29 is 23.1 Å². The van der Waals surface area contributed by atoms with Gasteiger partial charge in [0.2, 0.25) is 10.0 Å². The highest BCUT2D eigenvalue weighted by Crippen LogP contribution is 2.23. The van der Waals surface area contributed by atoms with Gasteiger partial charge in [-0.15, -0.1) is 0 Å². The number of benzene rings is 1. The van der Waals surface area contributed by atoms with E-state index in [1.165, 1.54) is 21.3 Å². The highest BCUT2D eigenvalue weighted by atomic mass is 32.2. The first-order valence-corrected chi connectivity index (χ1v) is 10.5. The molecule has 2 aliphatic heterocycles. The Morgan fingerprint density at radius 1 is 1.04 bits per heavy atom. The average molecular weight is 380 g/mol. The van der Waals surface area contributed by atoms with E-state index in [0.29, 0.717) is 26.1 Å². The first-order valence-electron chi connectivity index (χ1n) is 9.02. The van der Waals surface area contributed by atoms with E-state index in [-0.39, 0.29) is 22.9 Å². The van der Waals surface area contributed by atoms with Crippen LogP contribution < -0.4 is 0 Å². The molecule has 1 atom stereocenters. The molecule has 8 heteroatoms. The molecular formula is C18H24N2O5S. The third-order valence-electron chi connectivity index (χ3n) is 5.11. The number of hydrogen-bond acceptors (Lipinski definition) is 4. The van der Waals surface area contributed by atoms with Crippen molar-refractivity contribution in [1.82, 2.24) is 9.21 Å². The highest BCUT2D eigenvalue weighted by molar-refractivity contribution is 7.89. The number of carboxylic acid groups (broad SMARTS) is 1. The van der Waals surface area contributed by atoms with Gasteiger partial charge in [-0.1, -0.05) is 18.9 Å². The summed E-state index contributed by atoms with van der Waals surface area (Å²) in [6.07, 6.45) is 4.19. The number of carboxylic acids is 1. The van der Waals surface area contributed by atoms with Crippen LogP contribution in [-0.4, -0.2) is 60.8 Å². The van der Waals surface area contributed by atoms with Gasteiger partial charge in [0.1, 0.15) is 0 Å². The summed E-state index contributed by atoms with van der Waals surface area (Å²) in [4.78, 5) is 25.3. The number of amides is 1. The lowest BCUT2D eigenvalue weighted by molar-refractivity contribution is -0.141. The number of sulfonamides is 1. The maximum Gasteiger partial charge on any atom is 0.308 e. The second kappa shape index (κ2) is 7.75. The molecule has 1 aromatic rings. The van der Waals surface area contributed by atoms with E-state index in [4.69, 9.17) is 5.11 Å². The lowest BCUT2D eigenvalue weighted by Gasteiger charge is -2.21. The van der Waals surface area contributed by atoms with Crippen LogP contribution in [0.15, 0.2) is 29.2 Å². The molecular weight excluding hydrogens is 356 g/mol. The van der Waals surface area contributed by atoms with E-state index in [0.717, 1.165) is 25.7 Å². The summed E-state index contributed by atoms with van der Waals surface area (Å²) in [5.74, 6) is -1.78. The van der Waals surface area contributed by atoms with Crippen LogP contribution >= 0.6 is 0 Å². The molecule has 7 nitrogen and oxygen atoms in total. The monoisotopic (exact) mass is 380 g/mol. The Labute approximate surface area is 153 Å². The molecule has 2 fully saturated rings. The van der Waals surface area contributed by atoms with Gasteiger partial charge in [-0.25, -0.2) is 8.42 Å². The lowest BCUT2D eigenvalue weighted by Crippen LogP contribution is -2.32. The molecule has 1 unspecified atom stereocenters. The van der Waals surface area contributed by atoms with Crippen LogP contribution in [0.2, 0.25) is 0 Å². The van der Waals surface area contributed by atoms with Crippen LogP contribution in [0, 0.1) is 5.92 Å². The fourth-order valence-corrected chi connectivity index (χ4v) is 5.11. The van der Waals surface area contributed by atoms with Gasteiger partial charge in [-0.2, -0.15) is 4.31 Å². The van der Waals surface area contributed by atoms with Crippen molar-refractivity contribution in [2.24, 2.45) is 5.92 Å². The molecule has 0 bridgehead atoms. The van der Waals surface area contributed by atoms with Crippen LogP contribution in [-0.2, 0) is 14.8 Å². The average Bonchev–Trinajstić information content (AvgIpc) is 2.96. The molecule has 1 aromatic carbocycles. The maximum absolute atomic E-state index is 12.9. The van der Waals surface area contributed by atoms with E-state index in [9.17, 15) is 18.0 Å². The Hall–Kier alpha value is -1.93. The fraction of sp³-hybridized carbons (Fsp3) is 0.556. The third kappa shape index (κ3) is 3.91. The number of likely N-dealkylation sites (tertiary alicyclic amines) is 1. The normalized spacial score (nSPS) is 22.2. The standard InChI is InChI=1S/C18H24N2O5S/c21-17(19-11-8-15(13-19)18(22)23)14-6-5-7-16(12-14)26(24,25)20-9-3-1-2-4-10-20/h5-7,12,15H,1-4,8-11,13H2,(H,22,23). The second-order valence-electron chi connectivity index (χ2n) is 6.92. The summed E-state index contributed by atoms with van der Waals surface area (Å²) in [5, 5.41) is 9.08. The van der Waals surface area contributed by atoms with Crippen molar-refractivity contribution in [3.63, 3.8) is 0 Å². The molecule has 2 aliphatic rings. The largest absolute Gasteiger partial charge is 0.481 e. The van der Waals surface area contributed by atoms with E-state index in [2.05, 4.69) is 0 Å². The maximum atomic E-state index is 12.9. The zero-order chi connectivity index (χ0) is 18.7. The Bertz CT molecular complexity index is 785. The van der Waals surface area contributed by atoms with Crippen molar-refractivity contribution in [1.29, 1.82) is 0 Å². The lowest BCUT2D eigenvalue weighted by atomic mass is 10.1. The fourth-order valence-electron chi connectivity index (χ4n) is 3.55. The number of nitrogens with zero attached hydrogens (tertiary/aromatic N) is 2. The van der Waals surface area contributed by atoms with Crippen molar-refractivity contribution in [3.8, 4) is 0 Å². The zero-order valence-corrected chi connectivity index (χ0v) is 15.5. The molecule has 142 valence electrons. The van der Waals surface area contributed by atoms with E-state index in [1.54, 1.807) is 12.1 Å². The summed E-state index contributed by atoms with van der Waals surface area (Å²) in [5.41, 5.74) is 0.284. The first kappa shape index (κ1) is 18.8. The molecule has 2 heterocycles. The zero-order valence-electron chi connectivity index (χ0n) is 14.6. The number of hydrogen-bond donors (Lipinski definition) is 1. The summed E-state index contributed by atoms with van der Waals surface area (Å²) >= 11 is 0. The van der Waals surface area contributed by atoms with E-state index >= 15 is 0 Å². The number of carbonyl (C=O) groups is 2. The molecule has 3 rings (SSSR count). The minimum absolute atomic E-state index is 0.124. The highest BCUT2D eigenvalue weighted by Gasteiger charge is 2.32. The number of aliphatic carboxylic acids is 1. The third-order valence-corrected chi connectivity index (χ3v) is 7.00. The van der Waals surface area contributed by atoms with Gasteiger partial charge < -0.3 is 10.0 Å². The van der Waals surface area contributed by atoms with Crippen LogP contribution in [0.1, 0.15) is 42.5 Å². The Morgan fingerprint density at radius 3 is 2.35 bits per heavy atom. The van der Waals surface area contributed by atoms with Gasteiger partial charge in [0.15, 0.2) is 0 Å². The predicted octanol–water partition coefficient (Wildman–Crippen LogP) is 1.80. The summed E-state index contributed by atoms with van der Waals surface area (Å²) in [6.45, 7) is 1.55. The van der Waals surface area contributed by atoms with Gasteiger partial charge >= 0.3 is 5.97 Å². The molecule has 0 radical (unpaired) electrons. The summed E-state index contributed by atoms with van der Waals surface area (Å²) in [7, 11) is -3.62. The van der Waals surface area contributed by atoms with Gasteiger partial charge in [0, 0.05) is 31.7 Å². The van der Waals surface area contributed by atoms with Gasteiger partial charge in [-0.05, 0) is 37.5 Å². The smallest absolute Gasteiger partial charge is 0.308 e. The van der Waals surface area contributed by atoms with Crippen molar-refractivity contribution in [2.75, 3.05) is 26.2 Å². The van der Waals surface area contributed by atoms with Crippen LogP contribution in [0.3, 0.4) is 0 Å². The Morgan fingerprint density at radius 2 is 1.73 bits per heavy atom. The van der Waals surface area contributed by atoms with Crippen LogP contribution in [0.5, 0.6) is 0 Å². The van der Waals surface area contributed by atoms with Crippen molar-refractivity contribution in [3.05, 3.63) is 29.8 Å². The second-order valence-corrected chi connectivity index (χ2v) is 8.86. The SMILES string of the molecule is O=C(O)C1CCN(C(=O)c2cccc(S(=O)(=O)N3CCCCCC3)c2)C1. The number of rotatable bonds is 4. The van der Waals surface area contributed by atoms with Gasteiger partial charge in [-0.3, -0.25) is 9.59 Å². The Balaban J connectivity index is 1.79.